The van der Waals surface area contributed by atoms with Crippen LogP contribution in [0.1, 0.15) is 31.0 Å². The molecule has 2 heterocycles. The highest BCUT2D eigenvalue weighted by Crippen LogP contribution is 2.25. The molecule has 1 aliphatic rings. The fourth-order valence-corrected chi connectivity index (χ4v) is 4.14. The number of aliphatic imine (C=N–C) groups is 1. The van der Waals surface area contributed by atoms with E-state index in [1.807, 2.05) is 43.4 Å². The van der Waals surface area contributed by atoms with Crippen LogP contribution in [0.2, 0.25) is 0 Å². The first-order valence-electron chi connectivity index (χ1n) is 10.8. The van der Waals surface area contributed by atoms with Crippen molar-refractivity contribution in [3.63, 3.8) is 0 Å². The number of fused-ring (bicyclic) bond motifs is 1. The lowest BCUT2D eigenvalue weighted by Gasteiger charge is -2.21. The number of H-pyrrole nitrogens is 1. The number of benzene rings is 1. The second-order valence-corrected chi connectivity index (χ2v) is 7.82. The zero-order chi connectivity index (χ0) is 23.1. The molecular formula is C26H30N4O2. The molecule has 3 N–H and O–H groups in total. The minimum absolute atomic E-state index is 0.196. The molecule has 1 saturated heterocycles. The number of hydrogen-bond acceptors (Lipinski definition) is 4. The largest absolute Gasteiger partial charge is 0.368 e. The molecule has 3 rings (SSSR count). The molecule has 2 aromatic rings. The van der Waals surface area contributed by atoms with Crippen LogP contribution in [-0.4, -0.2) is 47.4 Å². The average molecular weight is 431 g/mol. The van der Waals surface area contributed by atoms with Crippen molar-refractivity contribution < 1.29 is 9.59 Å². The van der Waals surface area contributed by atoms with E-state index in [4.69, 9.17) is 5.73 Å². The second kappa shape index (κ2) is 10.7. The van der Waals surface area contributed by atoms with Gasteiger partial charge < -0.3 is 10.7 Å². The van der Waals surface area contributed by atoms with Crippen LogP contribution in [0.25, 0.3) is 16.5 Å². The van der Waals surface area contributed by atoms with Crippen molar-refractivity contribution in [2.24, 2.45) is 10.7 Å². The summed E-state index contributed by atoms with van der Waals surface area (Å²) in [7, 11) is 1.70. The zero-order valence-corrected chi connectivity index (χ0v) is 18.7. The minimum atomic E-state index is -0.260. The molecule has 0 aliphatic carbocycles. The average Bonchev–Trinajstić information content (AvgIpc) is 3.41. The Labute approximate surface area is 188 Å². The lowest BCUT2D eigenvalue weighted by atomic mass is 10.0. The quantitative estimate of drug-likeness (QED) is 0.273. The van der Waals surface area contributed by atoms with Crippen molar-refractivity contribution in [1.82, 2.24) is 9.88 Å². The van der Waals surface area contributed by atoms with E-state index >= 15 is 0 Å². The number of amides is 1. The summed E-state index contributed by atoms with van der Waals surface area (Å²) in [5.74, 6) is -0.260. The number of aromatic amines is 1. The number of primary amides is 1. The number of allylic oxidation sites excluding steroid dienone is 7. The molecule has 32 heavy (non-hydrogen) atoms. The first kappa shape index (κ1) is 23.2. The Balaban J connectivity index is 1.90. The number of aldehydes is 1. The van der Waals surface area contributed by atoms with Gasteiger partial charge in [-0.3, -0.25) is 19.5 Å². The third kappa shape index (κ3) is 5.21. The first-order chi connectivity index (χ1) is 15.5. The number of carbonyl (C=O) groups excluding carboxylic acids is 2. The maximum absolute atomic E-state index is 11.9. The van der Waals surface area contributed by atoms with E-state index in [9.17, 15) is 9.59 Å². The van der Waals surface area contributed by atoms with Gasteiger partial charge in [-0.1, -0.05) is 36.9 Å². The number of aromatic nitrogens is 1. The molecule has 1 aromatic heterocycles. The molecule has 1 aromatic carbocycles. The first-order valence-corrected chi connectivity index (χ1v) is 10.8. The van der Waals surface area contributed by atoms with E-state index in [-0.39, 0.29) is 11.9 Å². The number of carbonyl (C=O) groups is 2. The Bertz CT molecular complexity index is 1130. The molecule has 1 atom stereocenters. The van der Waals surface area contributed by atoms with Gasteiger partial charge in [0.25, 0.3) is 0 Å². The van der Waals surface area contributed by atoms with E-state index in [1.165, 1.54) is 0 Å². The Hall–Kier alpha value is -3.51. The van der Waals surface area contributed by atoms with Crippen LogP contribution in [0.5, 0.6) is 0 Å². The highest BCUT2D eigenvalue weighted by Gasteiger charge is 2.28. The molecule has 1 fully saturated rings. The van der Waals surface area contributed by atoms with Crippen LogP contribution in [0.15, 0.2) is 71.8 Å². The molecule has 0 radical (unpaired) electrons. The van der Waals surface area contributed by atoms with Gasteiger partial charge in [0.2, 0.25) is 5.91 Å². The zero-order valence-electron chi connectivity index (χ0n) is 18.7. The smallest absolute Gasteiger partial charge is 0.234 e. The van der Waals surface area contributed by atoms with Gasteiger partial charge in [0.1, 0.15) is 0 Å². The maximum Gasteiger partial charge on any atom is 0.234 e. The fourth-order valence-electron chi connectivity index (χ4n) is 4.14. The predicted octanol–water partition coefficient (Wildman–Crippen LogP) is 3.96. The van der Waals surface area contributed by atoms with E-state index in [1.54, 1.807) is 19.2 Å². The van der Waals surface area contributed by atoms with E-state index in [0.29, 0.717) is 17.8 Å². The van der Waals surface area contributed by atoms with Crippen molar-refractivity contribution >= 4 is 34.4 Å². The minimum Gasteiger partial charge on any atom is -0.368 e. The lowest BCUT2D eigenvalue weighted by molar-refractivity contribution is -0.122. The maximum atomic E-state index is 11.9. The van der Waals surface area contributed by atoms with Gasteiger partial charge in [-0.2, -0.15) is 0 Å². The van der Waals surface area contributed by atoms with Gasteiger partial charge >= 0.3 is 0 Å². The van der Waals surface area contributed by atoms with Crippen molar-refractivity contribution in [2.75, 3.05) is 13.6 Å². The molecule has 0 saturated carbocycles. The molecular weight excluding hydrogens is 400 g/mol. The van der Waals surface area contributed by atoms with Crippen LogP contribution < -0.4 is 5.73 Å². The van der Waals surface area contributed by atoms with E-state index < -0.39 is 0 Å². The number of nitrogens with zero attached hydrogens (tertiary/aromatic N) is 2. The highest BCUT2D eigenvalue weighted by molar-refractivity contribution is 6.21. The molecule has 1 amide bonds. The number of hydrogen-bond donors (Lipinski definition) is 2. The second-order valence-electron chi connectivity index (χ2n) is 7.82. The molecule has 6 nitrogen and oxygen atoms in total. The summed E-state index contributed by atoms with van der Waals surface area (Å²) < 4.78 is 0. The van der Waals surface area contributed by atoms with Crippen LogP contribution in [0.4, 0.5) is 0 Å². The molecule has 0 spiro atoms. The van der Waals surface area contributed by atoms with Crippen molar-refractivity contribution in [2.45, 2.75) is 32.4 Å². The highest BCUT2D eigenvalue weighted by atomic mass is 16.1. The SMILES string of the molecule is C=C/C=C(\C=C/C)C(/C=C(\C=O)c1cc2cc(CN3CCCC3C(N)=O)ccc2[nH]1)=NC. The molecule has 1 unspecified atom stereocenters. The van der Waals surface area contributed by atoms with Gasteiger partial charge in [0.15, 0.2) is 6.29 Å². The summed E-state index contributed by atoms with van der Waals surface area (Å²) >= 11 is 0. The van der Waals surface area contributed by atoms with Crippen molar-refractivity contribution in [1.29, 1.82) is 0 Å². The standard InChI is InChI=1S/C26H30N4O2/c1-4-7-19(8-5-2)23(28-3)15-21(17-31)24-14-20-13-18(10-11-22(20)29-24)16-30-12-6-9-25(30)26(27)32/h4-5,7-8,10-11,13-15,17,25,29H,1,6,9,12,16H2,2-3H3,(H2,27,32)/b8-5-,19-7+,21-15+,28-23?. The normalized spacial score (nSPS) is 18.6. The third-order valence-corrected chi connectivity index (χ3v) is 5.67. The Morgan fingerprint density at radius 1 is 1.38 bits per heavy atom. The summed E-state index contributed by atoms with van der Waals surface area (Å²) in [6, 6.07) is 7.90. The molecule has 1 aliphatic heterocycles. The Morgan fingerprint density at radius 2 is 2.19 bits per heavy atom. The lowest BCUT2D eigenvalue weighted by Crippen LogP contribution is -2.39. The van der Waals surface area contributed by atoms with Gasteiger partial charge in [0, 0.05) is 35.8 Å². The van der Waals surface area contributed by atoms with Gasteiger partial charge in [-0.15, -0.1) is 0 Å². The van der Waals surface area contributed by atoms with Crippen LogP contribution in [0.3, 0.4) is 0 Å². The molecule has 0 bridgehead atoms. The fraction of sp³-hybridized carbons (Fsp3) is 0.269. The number of rotatable bonds is 9. The number of nitrogens with two attached hydrogens (primary N) is 1. The summed E-state index contributed by atoms with van der Waals surface area (Å²) in [6.45, 7) is 7.22. The Morgan fingerprint density at radius 3 is 2.84 bits per heavy atom. The van der Waals surface area contributed by atoms with Crippen LogP contribution >= 0.6 is 0 Å². The van der Waals surface area contributed by atoms with E-state index in [2.05, 4.69) is 27.5 Å². The van der Waals surface area contributed by atoms with Gasteiger partial charge in [-0.25, -0.2) is 0 Å². The molecule has 166 valence electrons. The Kier molecular flexibility index (Phi) is 7.73. The monoisotopic (exact) mass is 430 g/mol. The van der Waals surface area contributed by atoms with Crippen LogP contribution in [0, 0.1) is 0 Å². The van der Waals surface area contributed by atoms with Gasteiger partial charge in [-0.05, 0) is 61.7 Å². The summed E-state index contributed by atoms with van der Waals surface area (Å²) in [5, 5.41) is 1.00. The van der Waals surface area contributed by atoms with E-state index in [0.717, 1.165) is 53.4 Å². The summed E-state index contributed by atoms with van der Waals surface area (Å²) in [5.41, 5.74) is 10.4. The number of nitrogens with one attached hydrogen (secondary N) is 1. The van der Waals surface area contributed by atoms with Crippen LogP contribution in [-0.2, 0) is 16.1 Å². The van der Waals surface area contributed by atoms with Gasteiger partial charge in [0.05, 0.1) is 11.8 Å². The summed E-state index contributed by atoms with van der Waals surface area (Å²) in [4.78, 5) is 33.4. The van der Waals surface area contributed by atoms with Crippen molar-refractivity contribution in [3.8, 4) is 0 Å². The number of likely N-dealkylation sites (tertiary alicyclic amines) is 1. The third-order valence-electron chi connectivity index (χ3n) is 5.67. The predicted molar refractivity (Wildman–Crippen MR) is 131 cm³/mol. The molecule has 6 heteroatoms. The summed E-state index contributed by atoms with van der Waals surface area (Å²) in [6.07, 6.45) is 11.8. The van der Waals surface area contributed by atoms with Crippen molar-refractivity contribution in [3.05, 3.63) is 78.1 Å². The topological polar surface area (TPSA) is 91.5 Å².